The van der Waals surface area contributed by atoms with E-state index in [0.717, 1.165) is 12.8 Å². The number of nitrogens with two attached hydrogens (primary N) is 1. The topological polar surface area (TPSA) is 92.4 Å². The first-order valence-electron chi connectivity index (χ1n) is 6.20. The van der Waals surface area contributed by atoms with Crippen molar-refractivity contribution in [2.45, 2.75) is 58.5 Å². The van der Waals surface area contributed by atoms with Gasteiger partial charge in [-0.25, -0.2) is 4.79 Å². The summed E-state index contributed by atoms with van der Waals surface area (Å²) in [5.41, 5.74) is 5.74. The molecule has 0 heterocycles. The van der Waals surface area contributed by atoms with Crippen molar-refractivity contribution in [3.8, 4) is 0 Å². The molecule has 5 nitrogen and oxygen atoms in total. The second-order valence-electron chi connectivity index (χ2n) is 4.52. The van der Waals surface area contributed by atoms with Crippen LogP contribution >= 0.6 is 0 Å². The first-order chi connectivity index (χ1) is 7.92. The summed E-state index contributed by atoms with van der Waals surface area (Å²) in [7, 11) is 0. The molecule has 0 rings (SSSR count). The Labute approximate surface area is 103 Å². The molecule has 0 saturated carbocycles. The number of carboxylic acid groups (broad SMARTS) is 1. The van der Waals surface area contributed by atoms with Crippen LogP contribution in [0.5, 0.6) is 0 Å². The Morgan fingerprint density at radius 1 is 1.35 bits per heavy atom. The Morgan fingerprint density at radius 3 is 2.35 bits per heavy atom. The number of carbonyl (C=O) groups is 2. The van der Waals surface area contributed by atoms with Crippen molar-refractivity contribution in [3.63, 3.8) is 0 Å². The Hall–Kier alpha value is -1.10. The predicted octanol–water partition coefficient (Wildman–Crippen LogP) is 1.12. The maximum atomic E-state index is 11.6. The maximum Gasteiger partial charge on any atom is 0.326 e. The van der Waals surface area contributed by atoms with Gasteiger partial charge in [-0.1, -0.05) is 33.6 Å². The van der Waals surface area contributed by atoms with Gasteiger partial charge in [-0.3, -0.25) is 4.79 Å². The fourth-order valence-corrected chi connectivity index (χ4v) is 1.63. The fourth-order valence-electron chi connectivity index (χ4n) is 1.63. The smallest absolute Gasteiger partial charge is 0.326 e. The lowest BCUT2D eigenvalue weighted by atomic mass is 9.99. The van der Waals surface area contributed by atoms with Crippen LogP contribution in [-0.4, -0.2) is 29.1 Å². The number of amides is 1. The number of rotatable bonds is 8. The highest BCUT2D eigenvalue weighted by Crippen LogP contribution is 2.08. The summed E-state index contributed by atoms with van der Waals surface area (Å²) < 4.78 is 0. The summed E-state index contributed by atoms with van der Waals surface area (Å²) in [5.74, 6) is -1.35. The second kappa shape index (κ2) is 8.06. The van der Waals surface area contributed by atoms with E-state index in [0.29, 0.717) is 6.42 Å². The van der Waals surface area contributed by atoms with Crippen molar-refractivity contribution in [3.05, 3.63) is 0 Å². The largest absolute Gasteiger partial charge is 0.480 e. The summed E-state index contributed by atoms with van der Waals surface area (Å²) in [5, 5.41) is 11.6. The molecule has 5 heteroatoms. The first-order valence-corrected chi connectivity index (χ1v) is 6.20. The van der Waals surface area contributed by atoms with Gasteiger partial charge in [-0.15, -0.1) is 0 Å². The third-order valence-corrected chi connectivity index (χ3v) is 2.90. The molecule has 0 spiro atoms. The van der Waals surface area contributed by atoms with Crippen LogP contribution in [0.4, 0.5) is 0 Å². The molecule has 1 amide bonds. The van der Waals surface area contributed by atoms with E-state index in [2.05, 4.69) is 5.32 Å². The third kappa shape index (κ3) is 6.26. The van der Waals surface area contributed by atoms with Crippen LogP contribution in [0.2, 0.25) is 0 Å². The van der Waals surface area contributed by atoms with Gasteiger partial charge in [0, 0.05) is 12.5 Å². The number of aliphatic carboxylic acids is 1. The van der Waals surface area contributed by atoms with Gasteiger partial charge in [0.15, 0.2) is 0 Å². The van der Waals surface area contributed by atoms with Gasteiger partial charge < -0.3 is 16.2 Å². The van der Waals surface area contributed by atoms with Crippen molar-refractivity contribution in [2.75, 3.05) is 0 Å². The van der Waals surface area contributed by atoms with Gasteiger partial charge in [0.1, 0.15) is 6.04 Å². The molecule has 100 valence electrons. The second-order valence-corrected chi connectivity index (χ2v) is 4.52. The van der Waals surface area contributed by atoms with Gasteiger partial charge in [-0.05, 0) is 12.3 Å². The van der Waals surface area contributed by atoms with Crippen LogP contribution in [0.3, 0.4) is 0 Å². The zero-order valence-electron chi connectivity index (χ0n) is 10.9. The lowest BCUT2D eigenvalue weighted by Gasteiger charge is -2.21. The third-order valence-electron chi connectivity index (χ3n) is 2.90. The molecule has 0 aromatic heterocycles. The van der Waals surface area contributed by atoms with E-state index in [4.69, 9.17) is 10.8 Å². The van der Waals surface area contributed by atoms with Crippen LogP contribution < -0.4 is 11.1 Å². The van der Waals surface area contributed by atoms with Crippen molar-refractivity contribution < 1.29 is 14.7 Å². The zero-order chi connectivity index (χ0) is 13.4. The number of carbonyl (C=O) groups excluding carboxylic acids is 1. The van der Waals surface area contributed by atoms with Crippen LogP contribution in [0.1, 0.15) is 46.5 Å². The Morgan fingerprint density at radius 2 is 1.94 bits per heavy atom. The number of carboxylic acids is 1. The summed E-state index contributed by atoms with van der Waals surface area (Å²) in [6.45, 7) is 5.71. The molecule has 3 atom stereocenters. The number of hydrogen-bond acceptors (Lipinski definition) is 3. The summed E-state index contributed by atoms with van der Waals surface area (Å²) in [6.07, 6.45) is 2.59. The Balaban J connectivity index is 4.27. The molecule has 0 aliphatic heterocycles. The van der Waals surface area contributed by atoms with Crippen molar-refractivity contribution >= 4 is 11.9 Å². The normalized spacial score (nSPS) is 16.0. The van der Waals surface area contributed by atoms with Gasteiger partial charge in [0.2, 0.25) is 5.91 Å². The summed E-state index contributed by atoms with van der Waals surface area (Å²) in [6, 6.07) is -1.01. The zero-order valence-corrected chi connectivity index (χ0v) is 10.9. The molecule has 0 bridgehead atoms. The molecule has 17 heavy (non-hydrogen) atoms. The highest BCUT2D eigenvalue weighted by molar-refractivity contribution is 5.84. The average molecular weight is 244 g/mol. The lowest BCUT2D eigenvalue weighted by Crippen LogP contribution is -2.46. The van der Waals surface area contributed by atoms with Crippen LogP contribution in [0, 0.1) is 5.92 Å². The average Bonchev–Trinajstić information content (AvgIpc) is 2.24. The molecule has 0 aliphatic carbocycles. The van der Waals surface area contributed by atoms with Crippen molar-refractivity contribution in [1.29, 1.82) is 0 Å². The Bertz CT molecular complexity index is 256. The Kier molecular flexibility index (Phi) is 7.54. The van der Waals surface area contributed by atoms with Crippen LogP contribution in [0.25, 0.3) is 0 Å². The highest BCUT2D eigenvalue weighted by Gasteiger charge is 2.25. The summed E-state index contributed by atoms with van der Waals surface area (Å²) >= 11 is 0. The van der Waals surface area contributed by atoms with E-state index < -0.39 is 12.0 Å². The van der Waals surface area contributed by atoms with E-state index >= 15 is 0 Å². The fraction of sp³-hybridized carbons (Fsp3) is 0.833. The van der Waals surface area contributed by atoms with Crippen LogP contribution in [0.15, 0.2) is 0 Å². The minimum absolute atomic E-state index is 0.0844. The molecule has 0 aliphatic rings. The number of hydrogen-bond donors (Lipinski definition) is 3. The van der Waals surface area contributed by atoms with Gasteiger partial charge in [0.25, 0.3) is 0 Å². The molecule has 4 N–H and O–H groups in total. The minimum Gasteiger partial charge on any atom is -0.480 e. The highest BCUT2D eigenvalue weighted by atomic mass is 16.4. The molecule has 0 aromatic carbocycles. The SMILES string of the molecule is CCCC(N)CC(=O)N[C@H](C(=O)O)C(C)CC. The summed E-state index contributed by atoms with van der Waals surface area (Å²) in [4.78, 5) is 22.6. The van der Waals surface area contributed by atoms with Gasteiger partial charge >= 0.3 is 5.97 Å². The van der Waals surface area contributed by atoms with E-state index in [9.17, 15) is 9.59 Å². The van der Waals surface area contributed by atoms with Gasteiger partial charge in [-0.2, -0.15) is 0 Å². The van der Waals surface area contributed by atoms with Crippen molar-refractivity contribution in [2.24, 2.45) is 11.7 Å². The molecule has 0 saturated heterocycles. The van der Waals surface area contributed by atoms with Crippen molar-refractivity contribution in [1.82, 2.24) is 5.32 Å². The van der Waals surface area contributed by atoms with Crippen LogP contribution in [-0.2, 0) is 9.59 Å². The molecular formula is C12H24N2O3. The quantitative estimate of drug-likeness (QED) is 0.596. The van der Waals surface area contributed by atoms with Gasteiger partial charge in [0.05, 0.1) is 0 Å². The minimum atomic E-state index is -0.989. The predicted molar refractivity (Wildman–Crippen MR) is 66.5 cm³/mol. The molecular weight excluding hydrogens is 220 g/mol. The lowest BCUT2D eigenvalue weighted by molar-refractivity contribution is -0.143. The standard InChI is InChI=1S/C12H24N2O3/c1-4-6-9(13)7-10(15)14-11(12(16)17)8(3)5-2/h8-9,11H,4-7,13H2,1-3H3,(H,14,15)(H,16,17)/t8?,9?,11-/m0/s1. The first kappa shape index (κ1) is 15.9. The monoisotopic (exact) mass is 244 g/mol. The number of nitrogens with one attached hydrogen (secondary N) is 1. The molecule has 2 unspecified atom stereocenters. The van der Waals surface area contributed by atoms with E-state index in [1.54, 1.807) is 0 Å². The molecule has 0 fully saturated rings. The van der Waals surface area contributed by atoms with E-state index in [1.165, 1.54) is 0 Å². The maximum absolute atomic E-state index is 11.6. The van der Waals surface area contributed by atoms with E-state index in [-0.39, 0.29) is 24.3 Å². The molecule has 0 aromatic rings. The van der Waals surface area contributed by atoms with E-state index in [1.807, 2.05) is 20.8 Å². The molecule has 0 radical (unpaired) electrons.